The van der Waals surface area contributed by atoms with E-state index in [9.17, 15) is 9.59 Å². The van der Waals surface area contributed by atoms with Crippen LogP contribution in [0.1, 0.15) is 42.4 Å². The van der Waals surface area contributed by atoms with E-state index in [0.717, 1.165) is 21.7 Å². The fraction of sp³-hybridized carbons (Fsp3) is 0.304. The minimum absolute atomic E-state index is 0.134. The molecule has 0 saturated heterocycles. The standard InChI is InChI=1S/C23H24N4O4S/c1-15-21(32-27-26-15)14-25-23(29)18-5-6-20-19(13-18)12-16-3-2-4-17(11-16)22(28)24-7-8-30-9-10-31-20/h2-6,11,13H,7-10,12,14H2,1H3,(H,24,28)(H,25,29). The van der Waals surface area contributed by atoms with Gasteiger partial charge in [0.05, 0.1) is 30.3 Å². The van der Waals surface area contributed by atoms with Gasteiger partial charge in [-0.2, -0.15) is 0 Å². The van der Waals surface area contributed by atoms with Crippen LogP contribution in [0.25, 0.3) is 0 Å². The van der Waals surface area contributed by atoms with Crippen LogP contribution in [-0.2, 0) is 17.7 Å². The molecule has 0 atom stereocenters. The Kier molecular flexibility index (Phi) is 7.08. The summed E-state index contributed by atoms with van der Waals surface area (Å²) in [6.45, 7) is 3.89. The first kappa shape index (κ1) is 21.9. The van der Waals surface area contributed by atoms with Gasteiger partial charge in [-0.1, -0.05) is 16.6 Å². The molecule has 2 N–H and O–H groups in total. The number of aromatic nitrogens is 2. The second kappa shape index (κ2) is 10.3. The highest BCUT2D eigenvalue weighted by Gasteiger charge is 2.14. The third-order valence-electron chi connectivity index (χ3n) is 5.08. The fourth-order valence-corrected chi connectivity index (χ4v) is 3.94. The van der Waals surface area contributed by atoms with Gasteiger partial charge in [0.25, 0.3) is 11.8 Å². The van der Waals surface area contributed by atoms with E-state index in [0.29, 0.717) is 56.2 Å². The molecule has 0 aliphatic carbocycles. The molecule has 2 heterocycles. The van der Waals surface area contributed by atoms with Crippen molar-refractivity contribution in [1.29, 1.82) is 0 Å². The summed E-state index contributed by atoms with van der Waals surface area (Å²) in [4.78, 5) is 26.1. The predicted octanol–water partition coefficient (Wildman–Crippen LogP) is 2.51. The summed E-state index contributed by atoms with van der Waals surface area (Å²) >= 11 is 1.28. The summed E-state index contributed by atoms with van der Waals surface area (Å²) in [5, 5.41) is 9.74. The maximum atomic E-state index is 12.8. The molecule has 166 valence electrons. The number of benzene rings is 2. The molecule has 2 aromatic carbocycles. The summed E-state index contributed by atoms with van der Waals surface area (Å²) in [5.74, 6) is 0.376. The number of hydrogen-bond acceptors (Lipinski definition) is 7. The SMILES string of the molecule is Cc1nnsc1CNC(=O)c1ccc2c(c1)Cc1cccc(c1)C(=O)NCCOCCO2. The van der Waals surface area contributed by atoms with Crippen molar-refractivity contribution < 1.29 is 19.1 Å². The van der Waals surface area contributed by atoms with Crippen LogP contribution in [0.4, 0.5) is 0 Å². The number of rotatable bonds is 3. The van der Waals surface area contributed by atoms with Gasteiger partial charge in [-0.05, 0) is 59.9 Å². The topological polar surface area (TPSA) is 102 Å². The fourth-order valence-electron chi connectivity index (χ4n) is 3.37. The number of carbonyl (C=O) groups is 2. The normalized spacial score (nSPS) is 14.5. The van der Waals surface area contributed by atoms with Gasteiger partial charge in [-0.25, -0.2) is 0 Å². The molecule has 0 spiro atoms. The van der Waals surface area contributed by atoms with Crippen LogP contribution < -0.4 is 15.4 Å². The Hall–Kier alpha value is -3.30. The predicted molar refractivity (Wildman–Crippen MR) is 120 cm³/mol. The van der Waals surface area contributed by atoms with Crippen molar-refractivity contribution in [2.45, 2.75) is 19.9 Å². The second-order valence-electron chi connectivity index (χ2n) is 7.38. The molecular formula is C23H24N4O4S. The van der Waals surface area contributed by atoms with Crippen LogP contribution in [0, 0.1) is 6.92 Å². The molecular weight excluding hydrogens is 428 g/mol. The molecule has 9 heteroatoms. The third kappa shape index (κ3) is 5.49. The number of aryl methyl sites for hydroxylation is 1. The van der Waals surface area contributed by atoms with Gasteiger partial charge in [0.15, 0.2) is 0 Å². The first-order valence-corrected chi connectivity index (χ1v) is 11.1. The maximum Gasteiger partial charge on any atom is 0.251 e. The van der Waals surface area contributed by atoms with Crippen LogP contribution in [0.2, 0.25) is 0 Å². The maximum absolute atomic E-state index is 12.8. The van der Waals surface area contributed by atoms with Gasteiger partial charge < -0.3 is 20.1 Å². The molecule has 0 saturated carbocycles. The summed E-state index contributed by atoms with van der Waals surface area (Å²) < 4.78 is 15.4. The van der Waals surface area contributed by atoms with E-state index in [2.05, 4.69) is 20.2 Å². The molecule has 1 aromatic heterocycles. The highest BCUT2D eigenvalue weighted by molar-refractivity contribution is 7.05. The number of carbonyl (C=O) groups excluding carboxylic acids is 2. The summed E-state index contributed by atoms with van der Waals surface area (Å²) in [6.07, 6.45) is 0.524. The van der Waals surface area contributed by atoms with Crippen LogP contribution >= 0.6 is 11.5 Å². The van der Waals surface area contributed by atoms with Crippen molar-refractivity contribution in [3.8, 4) is 5.75 Å². The molecule has 4 rings (SSSR count). The smallest absolute Gasteiger partial charge is 0.251 e. The highest BCUT2D eigenvalue weighted by atomic mass is 32.1. The zero-order valence-corrected chi connectivity index (χ0v) is 18.5. The number of ether oxygens (including phenoxy) is 2. The Morgan fingerprint density at radius 1 is 1.19 bits per heavy atom. The van der Waals surface area contributed by atoms with Crippen molar-refractivity contribution in [2.24, 2.45) is 0 Å². The molecule has 2 bridgehead atoms. The van der Waals surface area contributed by atoms with E-state index in [-0.39, 0.29) is 11.8 Å². The summed E-state index contributed by atoms with van der Waals surface area (Å²) in [5.41, 5.74) is 3.76. The Labute approximate surface area is 190 Å². The lowest BCUT2D eigenvalue weighted by Gasteiger charge is -2.15. The second-order valence-corrected chi connectivity index (χ2v) is 8.22. The van der Waals surface area contributed by atoms with Crippen molar-refractivity contribution in [1.82, 2.24) is 20.2 Å². The molecule has 0 fully saturated rings. The number of amides is 2. The van der Waals surface area contributed by atoms with Gasteiger partial charge in [0.2, 0.25) is 0 Å². The lowest BCUT2D eigenvalue weighted by atomic mass is 9.99. The van der Waals surface area contributed by atoms with E-state index in [4.69, 9.17) is 9.47 Å². The van der Waals surface area contributed by atoms with Gasteiger partial charge in [0, 0.05) is 24.1 Å². The minimum Gasteiger partial charge on any atom is -0.491 e. The monoisotopic (exact) mass is 452 g/mol. The largest absolute Gasteiger partial charge is 0.491 e. The number of fused-ring (bicyclic) bond motifs is 3. The van der Waals surface area contributed by atoms with Gasteiger partial charge in [-0.3, -0.25) is 9.59 Å². The van der Waals surface area contributed by atoms with E-state index in [1.54, 1.807) is 12.1 Å². The number of hydrogen-bond donors (Lipinski definition) is 2. The first-order valence-electron chi connectivity index (χ1n) is 10.4. The van der Waals surface area contributed by atoms with E-state index in [1.165, 1.54) is 11.5 Å². The average Bonchev–Trinajstić information content (AvgIpc) is 3.21. The van der Waals surface area contributed by atoms with Crippen molar-refractivity contribution in [3.05, 3.63) is 75.3 Å². The lowest BCUT2D eigenvalue weighted by molar-refractivity contribution is 0.0865. The van der Waals surface area contributed by atoms with Crippen LogP contribution in [-0.4, -0.2) is 47.8 Å². The number of nitrogens with one attached hydrogen (secondary N) is 2. The van der Waals surface area contributed by atoms with E-state index in [1.807, 2.05) is 37.3 Å². The van der Waals surface area contributed by atoms with Crippen molar-refractivity contribution >= 4 is 23.3 Å². The van der Waals surface area contributed by atoms with E-state index >= 15 is 0 Å². The summed E-state index contributed by atoms with van der Waals surface area (Å²) in [6, 6.07) is 12.9. The minimum atomic E-state index is -0.184. The molecule has 32 heavy (non-hydrogen) atoms. The molecule has 8 nitrogen and oxygen atoms in total. The Morgan fingerprint density at radius 3 is 2.94 bits per heavy atom. The molecule has 1 aliphatic rings. The average molecular weight is 453 g/mol. The molecule has 0 radical (unpaired) electrons. The third-order valence-corrected chi connectivity index (χ3v) is 5.90. The quantitative estimate of drug-likeness (QED) is 0.633. The van der Waals surface area contributed by atoms with Crippen LogP contribution in [0.3, 0.4) is 0 Å². The Bertz CT molecular complexity index is 1110. The zero-order valence-electron chi connectivity index (χ0n) is 17.7. The van der Waals surface area contributed by atoms with E-state index < -0.39 is 0 Å². The molecule has 0 unspecified atom stereocenters. The summed E-state index contributed by atoms with van der Waals surface area (Å²) in [7, 11) is 0. The van der Waals surface area contributed by atoms with Gasteiger partial charge in [0.1, 0.15) is 12.4 Å². The molecule has 1 aliphatic heterocycles. The van der Waals surface area contributed by atoms with Crippen LogP contribution in [0.5, 0.6) is 5.75 Å². The number of nitrogens with zero attached hydrogens (tertiary/aromatic N) is 2. The molecule has 2 amide bonds. The van der Waals surface area contributed by atoms with Crippen molar-refractivity contribution in [2.75, 3.05) is 26.4 Å². The van der Waals surface area contributed by atoms with Crippen molar-refractivity contribution in [3.63, 3.8) is 0 Å². The molecule has 3 aromatic rings. The first-order chi connectivity index (χ1) is 15.6. The Morgan fingerprint density at radius 2 is 2.09 bits per heavy atom. The zero-order chi connectivity index (χ0) is 22.3. The Balaban J connectivity index is 1.57. The van der Waals surface area contributed by atoms with Gasteiger partial charge in [-0.15, -0.1) is 5.10 Å². The lowest BCUT2D eigenvalue weighted by Crippen LogP contribution is -2.28. The van der Waals surface area contributed by atoms with Crippen LogP contribution in [0.15, 0.2) is 42.5 Å². The highest BCUT2D eigenvalue weighted by Crippen LogP contribution is 2.24. The van der Waals surface area contributed by atoms with Gasteiger partial charge >= 0.3 is 0 Å².